The van der Waals surface area contributed by atoms with Crippen molar-refractivity contribution < 1.29 is 18.0 Å². The van der Waals surface area contributed by atoms with Crippen LogP contribution in [0.15, 0.2) is 53.4 Å². The molecule has 33 heavy (non-hydrogen) atoms. The zero-order valence-corrected chi connectivity index (χ0v) is 19.6. The Labute approximate surface area is 196 Å². The van der Waals surface area contributed by atoms with Gasteiger partial charge in [0.2, 0.25) is 21.8 Å². The molecule has 1 fully saturated rings. The van der Waals surface area contributed by atoms with E-state index in [-0.39, 0.29) is 48.7 Å². The standard InChI is InChI=1S/C22H25N5O4S2/c28-20(24-15-16-5-2-1-3-6-16)9-12-23-22(29)17-10-13-27(14-11-17)33(30,31)19-8-4-7-18-21(19)26-32-25-18/h1-8,17H,9-15H2,(H,23,29)(H,24,28). The molecule has 1 saturated heterocycles. The van der Waals surface area contributed by atoms with Gasteiger partial charge in [-0.2, -0.15) is 13.1 Å². The van der Waals surface area contributed by atoms with Crippen molar-refractivity contribution in [3.63, 3.8) is 0 Å². The van der Waals surface area contributed by atoms with E-state index in [1.807, 2.05) is 30.3 Å². The highest BCUT2D eigenvalue weighted by Gasteiger charge is 2.33. The lowest BCUT2D eigenvalue weighted by Crippen LogP contribution is -2.43. The van der Waals surface area contributed by atoms with E-state index in [0.717, 1.165) is 17.3 Å². The molecule has 0 atom stereocenters. The van der Waals surface area contributed by atoms with Gasteiger partial charge in [-0.1, -0.05) is 36.4 Å². The van der Waals surface area contributed by atoms with E-state index in [4.69, 9.17) is 0 Å². The van der Waals surface area contributed by atoms with Crippen LogP contribution >= 0.6 is 11.7 Å². The van der Waals surface area contributed by atoms with Crippen LogP contribution in [0.4, 0.5) is 0 Å². The molecule has 9 nitrogen and oxygen atoms in total. The Balaban J connectivity index is 1.23. The topological polar surface area (TPSA) is 121 Å². The van der Waals surface area contributed by atoms with Gasteiger partial charge >= 0.3 is 0 Å². The Hall–Kier alpha value is -2.89. The van der Waals surface area contributed by atoms with Crippen molar-refractivity contribution in [3.8, 4) is 0 Å². The van der Waals surface area contributed by atoms with Gasteiger partial charge in [0.15, 0.2) is 0 Å². The molecule has 1 aliphatic heterocycles. The minimum absolute atomic E-state index is 0.134. The lowest BCUT2D eigenvalue weighted by molar-refractivity contribution is -0.126. The SMILES string of the molecule is O=C(CCNC(=O)C1CCN(S(=O)(=O)c2cccc3nsnc23)CC1)NCc1ccccc1. The van der Waals surface area contributed by atoms with Gasteiger partial charge in [0, 0.05) is 38.5 Å². The lowest BCUT2D eigenvalue weighted by atomic mass is 9.97. The molecule has 2 amide bonds. The molecule has 174 valence electrons. The number of aromatic nitrogens is 2. The zero-order chi connectivity index (χ0) is 23.3. The molecule has 2 aromatic carbocycles. The first-order valence-corrected chi connectivity index (χ1v) is 12.9. The number of nitrogens with zero attached hydrogens (tertiary/aromatic N) is 3. The highest BCUT2D eigenvalue weighted by atomic mass is 32.2. The van der Waals surface area contributed by atoms with Gasteiger partial charge < -0.3 is 10.6 Å². The molecule has 2 N–H and O–H groups in total. The number of fused-ring (bicyclic) bond motifs is 1. The van der Waals surface area contributed by atoms with Crippen LogP contribution in [0.3, 0.4) is 0 Å². The fourth-order valence-electron chi connectivity index (χ4n) is 3.82. The molecule has 1 aromatic heterocycles. The quantitative estimate of drug-likeness (QED) is 0.501. The summed E-state index contributed by atoms with van der Waals surface area (Å²) in [4.78, 5) is 24.6. The maximum absolute atomic E-state index is 13.1. The van der Waals surface area contributed by atoms with Crippen LogP contribution in [-0.2, 0) is 26.2 Å². The molecule has 3 aromatic rings. The first-order valence-electron chi connectivity index (χ1n) is 10.7. The average molecular weight is 488 g/mol. The molecule has 0 unspecified atom stereocenters. The first kappa shape index (κ1) is 23.3. The Morgan fingerprint density at radius 1 is 1.00 bits per heavy atom. The van der Waals surface area contributed by atoms with Crippen molar-refractivity contribution in [2.24, 2.45) is 5.92 Å². The summed E-state index contributed by atoms with van der Waals surface area (Å²) in [5.41, 5.74) is 1.95. The maximum atomic E-state index is 13.1. The summed E-state index contributed by atoms with van der Waals surface area (Å²) in [7, 11) is -3.71. The Kier molecular flexibility index (Phi) is 7.31. The number of carbonyl (C=O) groups excluding carboxylic acids is 2. The average Bonchev–Trinajstić information content (AvgIpc) is 3.32. The van der Waals surface area contributed by atoms with Gasteiger partial charge in [-0.05, 0) is 30.5 Å². The van der Waals surface area contributed by atoms with Gasteiger partial charge in [-0.15, -0.1) is 0 Å². The normalized spacial score (nSPS) is 15.4. The number of amides is 2. The number of benzene rings is 2. The molecule has 0 spiro atoms. The second kappa shape index (κ2) is 10.4. The molecule has 1 aliphatic rings. The van der Waals surface area contributed by atoms with E-state index < -0.39 is 10.0 Å². The minimum Gasteiger partial charge on any atom is -0.355 e. The van der Waals surface area contributed by atoms with Gasteiger partial charge in [0.05, 0.1) is 11.7 Å². The fraction of sp³-hybridized carbons (Fsp3) is 0.364. The third kappa shape index (κ3) is 5.55. The summed E-state index contributed by atoms with van der Waals surface area (Å²) in [5, 5.41) is 5.63. The van der Waals surface area contributed by atoms with Crippen molar-refractivity contribution in [2.45, 2.75) is 30.7 Å². The second-order valence-corrected chi connectivity index (χ2v) is 10.3. The largest absolute Gasteiger partial charge is 0.355 e. The number of hydrogen-bond acceptors (Lipinski definition) is 7. The van der Waals surface area contributed by atoms with Crippen LogP contribution in [0.5, 0.6) is 0 Å². The first-order chi connectivity index (χ1) is 15.9. The van der Waals surface area contributed by atoms with Crippen LogP contribution < -0.4 is 10.6 Å². The van der Waals surface area contributed by atoms with E-state index in [0.29, 0.717) is 30.4 Å². The number of piperidine rings is 1. The molecule has 0 saturated carbocycles. The highest BCUT2D eigenvalue weighted by Crippen LogP contribution is 2.28. The van der Waals surface area contributed by atoms with Crippen molar-refractivity contribution in [3.05, 3.63) is 54.1 Å². The van der Waals surface area contributed by atoms with Crippen LogP contribution in [0.25, 0.3) is 11.0 Å². The predicted molar refractivity (Wildman–Crippen MR) is 125 cm³/mol. The third-order valence-corrected chi connectivity index (χ3v) is 8.15. The summed E-state index contributed by atoms with van der Waals surface area (Å²) in [5.74, 6) is -0.556. The Morgan fingerprint density at radius 2 is 1.76 bits per heavy atom. The van der Waals surface area contributed by atoms with E-state index >= 15 is 0 Å². The number of carbonyl (C=O) groups is 2. The molecule has 4 rings (SSSR count). The molecule has 11 heteroatoms. The maximum Gasteiger partial charge on any atom is 0.245 e. The number of nitrogens with one attached hydrogen (secondary N) is 2. The molecular weight excluding hydrogens is 462 g/mol. The van der Waals surface area contributed by atoms with E-state index in [2.05, 4.69) is 19.4 Å². The number of sulfonamides is 1. The highest BCUT2D eigenvalue weighted by molar-refractivity contribution is 7.89. The van der Waals surface area contributed by atoms with Crippen molar-refractivity contribution in [1.82, 2.24) is 23.7 Å². The van der Waals surface area contributed by atoms with Crippen molar-refractivity contribution in [1.29, 1.82) is 0 Å². The lowest BCUT2D eigenvalue weighted by Gasteiger charge is -2.30. The molecule has 2 heterocycles. The smallest absolute Gasteiger partial charge is 0.245 e. The van der Waals surface area contributed by atoms with Crippen LogP contribution in [0.2, 0.25) is 0 Å². The Bertz CT molecular complexity index is 1220. The van der Waals surface area contributed by atoms with Crippen LogP contribution in [-0.4, -0.2) is 52.9 Å². The monoisotopic (exact) mass is 487 g/mol. The Morgan fingerprint density at radius 3 is 2.52 bits per heavy atom. The summed E-state index contributed by atoms with van der Waals surface area (Å²) in [6.45, 7) is 1.21. The minimum atomic E-state index is -3.71. The van der Waals surface area contributed by atoms with Gasteiger partial charge in [-0.3, -0.25) is 9.59 Å². The van der Waals surface area contributed by atoms with Gasteiger partial charge in [0.1, 0.15) is 15.9 Å². The molecule has 0 aliphatic carbocycles. The van der Waals surface area contributed by atoms with Crippen molar-refractivity contribution >= 4 is 44.6 Å². The summed E-state index contributed by atoms with van der Waals surface area (Å²) < 4.78 is 35.9. The summed E-state index contributed by atoms with van der Waals surface area (Å²) in [6, 6.07) is 14.5. The van der Waals surface area contributed by atoms with Crippen molar-refractivity contribution in [2.75, 3.05) is 19.6 Å². The van der Waals surface area contributed by atoms with Gasteiger partial charge in [-0.25, -0.2) is 8.42 Å². The third-order valence-electron chi connectivity index (χ3n) is 5.68. The van der Waals surface area contributed by atoms with E-state index in [1.54, 1.807) is 18.2 Å². The number of hydrogen-bond donors (Lipinski definition) is 2. The van der Waals surface area contributed by atoms with E-state index in [1.165, 1.54) is 4.31 Å². The predicted octanol–water partition coefficient (Wildman–Crippen LogP) is 1.91. The fourth-order valence-corrected chi connectivity index (χ4v) is 6.04. The van der Waals surface area contributed by atoms with E-state index in [9.17, 15) is 18.0 Å². The van der Waals surface area contributed by atoms with Crippen LogP contribution in [0, 0.1) is 5.92 Å². The van der Waals surface area contributed by atoms with Gasteiger partial charge in [0.25, 0.3) is 0 Å². The molecule has 0 radical (unpaired) electrons. The number of rotatable bonds is 8. The zero-order valence-electron chi connectivity index (χ0n) is 17.9. The van der Waals surface area contributed by atoms with Crippen LogP contribution in [0.1, 0.15) is 24.8 Å². The molecular formula is C22H25N5O4S2. The summed E-state index contributed by atoms with van der Waals surface area (Å²) >= 11 is 0.981. The second-order valence-electron chi connectivity index (χ2n) is 7.87. The summed E-state index contributed by atoms with van der Waals surface area (Å²) in [6.07, 6.45) is 1.05. The molecule has 0 bridgehead atoms.